The summed E-state index contributed by atoms with van der Waals surface area (Å²) in [6.07, 6.45) is 6.37. The average Bonchev–Trinajstić information content (AvgIpc) is 2.39. The van der Waals surface area contributed by atoms with Crippen LogP contribution in [0.5, 0.6) is 0 Å². The smallest absolute Gasteiger partial charge is 0.0278 e. The number of hydrogen-bond acceptors (Lipinski definition) is 3. The van der Waals surface area contributed by atoms with Crippen molar-refractivity contribution in [2.24, 2.45) is 5.73 Å². The molecule has 0 radical (unpaired) electrons. The Morgan fingerprint density at radius 1 is 1.17 bits per heavy atom. The predicted molar refractivity (Wildman–Crippen MR) is 77.7 cm³/mol. The zero-order chi connectivity index (χ0) is 13.2. The summed E-state index contributed by atoms with van der Waals surface area (Å²) in [6.45, 7) is 11.7. The van der Waals surface area contributed by atoms with Gasteiger partial charge in [-0.2, -0.15) is 0 Å². The van der Waals surface area contributed by atoms with Crippen molar-refractivity contribution >= 4 is 0 Å². The Hall–Kier alpha value is -0.120. The Morgan fingerprint density at radius 2 is 1.89 bits per heavy atom. The second-order valence-electron chi connectivity index (χ2n) is 6.49. The molecule has 2 atom stereocenters. The van der Waals surface area contributed by atoms with E-state index in [0.717, 1.165) is 25.4 Å². The van der Waals surface area contributed by atoms with Crippen molar-refractivity contribution in [3.63, 3.8) is 0 Å². The summed E-state index contributed by atoms with van der Waals surface area (Å²) in [7, 11) is 0. The normalized spacial score (nSPS) is 31.3. The maximum atomic E-state index is 6.50. The predicted octanol–water partition coefficient (Wildman–Crippen LogP) is 2.06. The van der Waals surface area contributed by atoms with Crippen LogP contribution in [-0.4, -0.2) is 53.6 Å². The van der Waals surface area contributed by atoms with E-state index in [-0.39, 0.29) is 5.54 Å². The molecule has 3 heteroatoms. The summed E-state index contributed by atoms with van der Waals surface area (Å²) in [6, 6.07) is 1.47. The molecule has 2 heterocycles. The zero-order valence-corrected chi connectivity index (χ0v) is 12.5. The first-order chi connectivity index (χ1) is 8.58. The molecule has 3 nitrogen and oxygen atoms in total. The Morgan fingerprint density at radius 3 is 2.56 bits per heavy atom. The molecule has 0 amide bonds. The van der Waals surface area contributed by atoms with Crippen LogP contribution in [0.4, 0.5) is 0 Å². The van der Waals surface area contributed by atoms with Crippen LogP contribution in [0.3, 0.4) is 0 Å². The van der Waals surface area contributed by atoms with E-state index in [9.17, 15) is 0 Å². The molecule has 2 N–H and O–H groups in total. The molecule has 2 unspecified atom stereocenters. The van der Waals surface area contributed by atoms with Crippen LogP contribution in [0.15, 0.2) is 0 Å². The minimum atomic E-state index is 0.0189. The highest BCUT2D eigenvalue weighted by atomic mass is 15.3. The summed E-state index contributed by atoms with van der Waals surface area (Å²) in [5.74, 6) is 0. The molecule has 2 fully saturated rings. The second-order valence-corrected chi connectivity index (χ2v) is 6.49. The fraction of sp³-hybridized carbons (Fsp3) is 1.00. The number of rotatable bonds is 4. The molecule has 0 aliphatic carbocycles. The van der Waals surface area contributed by atoms with E-state index in [1.165, 1.54) is 38.9 Å². The Balaban J connectivity index is 1.96. The molecule has 2 saturated heterocycles. The van der Waals surface area contributed by atoms with Gasteiger partial charge in [-0.1, -0.05) is 20.3 Å². The Labute approximate surface area is 113 Å². The molecular formula is C15H31N3. The average molecular weight is 253 g/mol. The first kappa shape index (κ1) is 14.3. The molecule has 2 rings (SSSR count). The van der Waals surface area contributed by atoms with Crippen molar-refractivity contribution in [3.05, 3.63) is 0 Å². The van der Waals surface area contributed by atoms with Gasteiger partial charge in [-0.3, -0.25) is 9.80 Å². The summed E-state index contributed by atoms with van der Waals surface area (Å²) < 4.78 is 0. The number of fused-ring (bicyclic) bond motifs is 1. The van der Waals surface area contributed by atoms with Crippen LogP contribution in [0.1, 0.15) is 52.9 Å². The highest BCUT2D eigenvalue weighted by molar-refractivity contribution is 4.93. The van der Waals surface area contributed by atoms with Gasteiger partial charge in [0.05, 0.1) is 0 Å². The highest BCUT2D eigenvalue weighted by Gasteiger charge is 2.35. The van der Waals surface area contributed by atoms with E-state index < -0.39 is 0 Å². The van der Waals surface area contributed by atoms with Crippen LogP contribution in [-0.2, 0) is 0 Å². The first-order valence-corrected chi connectivity index (χ1v) is 7.85. The van der Waals surface area contributed by atoms with Gasteiger partial charge in [0.25, 0.3) is 0 Å². The summed E-state index contributed by atoms with van der Waals surface area (Å²) in [5, 5.41) is 0. The minimum Gasteiger partial charge on any atom is -0.324 e. The quantitative estimate of drug-likeness (QED) is 0.832. The maximum absolute atomic E-state index is 6.50. The third-order valence-corrected chi connectivity index (χ3v) is 5.24. The lowest BCUT2D eigenvalue weighted by molar-refractivity contribution is 0.00364. The number of piperazine rings is 1. The van der Waals surface area contributed by atoms with E-state index in [1.807, 2.05) is 0 Å². The fourth-order valence-corrected chi connectivity index (χ4v) is 3.51. The van der Waals surface area contributed by atoms with Crippen molar-refractivity contribution < 1.29 is 0 Å². The number of nitrogens with zero attached hydrogens (tertiary/aromatic N) is 2. The standard InChI is InChI=1S/C15H31N3/c1-4-15(16,5-2)12-18-11-14-8-6-7-9-17(14)10-13(18)3/h13-14H,4-12,16H2,1-3H3. The summed E-state index contributed by atoms with van der Waals surface area (Å²) in [4.78, 5) is 5.36. The Bertz CT molecular complexity index is 262. The number of hydrogen-bond donors (Lipinski definition) is 1. The summed E-state index contributed by atoms with van der Waals surface area (Å²) >= 11 is 0. The van der Waals surface area contributed by atoms with Gasteiger partial charge >= 0.3 is 0 Å². The van der Waals surface area contributed by atoms with E-state index in [1.54, 1.807) is 0 Å². The SMILES string of the molecule is CCC(N)(CC)CN1CC2CCCCN2CC1C. The van der Waals surface area contributed by atoms with E-state index in [0.29, 0.717) is 6.04 Å². The van der Waals surface area contributed by atoms with Gasteiger partial charge in [-0.05, 0) is 39.2 Å². The lowest BCUT2D eigenvalue weighted by atomic mass is 9.90. The largest absolute Gasteiger partial charge is 0.324 e. The van der Waals surface area contributed by atoms with Crippen molar-refractivity contribution in [3.8, 4) is 0 Å². The molecular weight excluding hydrogens is 222 g/mol. The van der Waals surface area contributed by atoms with Gasteiger partial charge in [0.1, 0.15) is 0 Å². The van der Waals surface area contributed by atoms with Gasteiger partial charge in [0, 0.05) is 37.3 Å². The molecule has 0 bridgehead atoms. The first-order valence-electron chi connectivity index (χ1n) is 7.85. The lowest BCUT2D eigenvalue weighted by Gasteiger charge is -2.49. The van der Waals surface area contributed by atoms with Crippen LogP contribution in [0, 0.1) is 0 Å². The molecule has 0 aromatic rings. The molecule has 0 saturated carbocycles. The molecule has 2 aliphatic heterocycles. The molecule has 0 aromatic heterocycles. The fourth-order valence-electron chi connectivity index (χ4n) is 3.51. The van der Waals surface area contributed by atoms with Crippen LogP contribution in [0.2, 0.25) is 0 Å². The maximum Gasteiger partial charge on any atom is 0.0278 e. The van der Waals surface area contributed by atoms with Crippen LogP contribution >= 0.6 is 0 Å². The molecule has 18 heavy (non-hydrogen) atoms. The highest BCUT2D eigenvalue weighted by Crippen LogP contribution is 2.25. The monoisotopic (exact) mass is 253 g/mol. The van der Waals surface area contributed by atoms with Crippen molar-refractivity contribution in [1.82, 2.24) is 9.80 Å². The third-order valence-electron chi connectivity index (χ3n) is 5.24. The van der Waals surface area contributed by atoms with E-state index in [4.69, 9.17) is 5.73 Å². The van der Waals surface area contributed by atoms with Gasteiger partial charge in [0.2, 0.25) is 0 Å². The molecule has 106 valence electrons. The summed E-state index contributed by atoms with van der Waals surface area (Å²) in [5.41, 5.74) is 6.52. The number of piperidine rings is 1. The minimum absolute atomic E-state index is 0.0189. The van der Waals surface area contributed by atoms with Crippen molar-refractivity contribution in [1.29, 1.82) is 0 Å². The van der Waals surface area contributed by atoms with Gasteiger partial charge in [0.15, 0.2) is 0 Å². The molecule has 0 spiro atoms. The van der Waals surface area contributed by atoms with Crippen molar-refractivity contribution in [2.75, 3.05) is 26.2 Å². The van der Waals surface area contributed by atoms with E-state index >= 15 is 0 Å². The van der Waals surface area contributed by atoms with Crippen LogP contribution in [0.25, 0.3) is 0 Å². The number of nitrogens with two attached hydrogens (primary N) is 1. The topological polar surface area (TPSA) is 32.5 Å². The second kappa shape index (κ2) is 5.89. The Kier molecular flexibility index (Phi) is 4.68. The third kappa shape index (κ3) is 3.06. The van der Waals surface area contributed by atoms with Crippen molar-refractivity contribution in [2.45, 2.75) is 70.5 Å². The van der Waals surface area contributed by atoms with Gasteiger partial charge in [-0.25, -0.2) is 0 Å². The van der Waals surface area contributed by atoms with Gasteiger partial charge < -0.3 is 5.73 Å². The van der Waals surface area contributed by atoms with Crippen LogP contribution < -0.4 is 5.73 Å². The molecule has 2 aliphatic rings. The zero-order valence-electron chi connectivity index (χ0n) is 12.5. The lowest BCUT2D eigenvalue weighted by Crippen LogP contribution is -2.62. The van der Waals surface area contributed by atoms with Gasteiger partial charge in [-0.15, -0.1) is 0 Å². The molecule has 0 aromatic carbocycles. The van der Waals surface area contributed by atoms with E-state index in [2.05, 4.69) is 30.6 Å².